The third-order valence-electron chi connectivity index (χ3n) is 1.93. The summed E-state index contributed by atoms with van der Waals surface area (Å²) >= 11 is 0. The molecule has 2 N–H and O–H groups in total. The summed E-state index contributed by atoms with van der Waals surface area (Å²) < 4.78 is 4.92. The Morgan fingerprint density at radius 1 is 1.67 bits per heavy atom. The van der Waals surface area contributed by atoms with Gasteiger partial charge in [0.1, 0.15) is 6.04 Å². The molecule has 0 saturated heterocycles. The van der Waals surface area contributed by atoms with Gasteiger partial charge in [0, 0.05) is 0 Å². The quantitative estimate of drug-likeness (QED) is 0.454. The molecule has 0 spiro atoms. The topological polar surface area (TPSA) is 50.4 Å². The third-order valence-corrected chi connectivity index (χ3v) is 1.93. The van der Waals surface area contributed by atoms with Crippen molar-refractivity contribution in [2.24, 2.45) is 5.92 Å². The van der Waals surface area contributed by atoms with Gasteiger partial charge in [-0.25, -0.2) is 5.43 Å². The summed E-state index contributed by atoms with van der Waals surface area (Å²) in [6.45, 7) is 2.27. The molecule has 0 aliphatic heterocycles. The van der Waals surface area contributed by atoms with Crippen molar-refractivity contribution in [1.82, 2.24) is 10.9 Å². The molecule has 0 aromatic rings. The standard InChI is InChI=1S/C8H16N2O2/c1-3-12-8(11)7(10-9-2)6-4-5-6/h6-7,9-10H,3-5H2,1-2H3. The van der Waals surface area contributed by atoms with Gasteiger partial charge in [-0.15, -0.1) is 0 Å². The average Bonchev–Trinajstić information content (AvgIpc) is 2.83. The highest BCUT2D eigenvalue weighted by atomic mass is 16.5. The van der Waals surface area contributed by atoms with Gasteiger partial charge >= 0.3 is 5.97 Å². The maximum Gasteiger partial charge on any atom is 0.324 e. The van der Waals surface area contributed by atoms with E-state index >= 15 is 0 Å². The summed E-state index contributed by atoms with van der Waals surface area (Å²) in [5.74, 6) is 0.325. The van der Waals surface area contributed by atoms with E-state index in [-0.39, 0.29) is 12.0 Å². The zero-order valence-electron chi connectivity index (χ0n) is 7.59. The monoisotopic (exact) mass is 172 g/mol. The van der Waals surface area contributed by atoms with Crippen LogP contribution in [0.4, 0.5) is 0 Å². The Hall–Kier alpha value is -0.610. The summed E-state index contributed by atoms with van der Waals surface area (Å²) in [5.41, 5.74) is 5.68. The smallest absolute Gasteiger partial charge is 0.324 e. The van der Waals surface area contributed by atoms with Crippen LogP contribution in [0.15, 0.2) is 0 Å². The van der Waals surface area contributed by atoms with Crippen LogP contribution in [0.5, 0.6) is 0 Å². The van der Waals surface area contributed by atoms with Gasteiger partial charge in [-0.2, -0.15) is 0 Å². The molecule has 0 amide bonds. The van der Waals surface area contributed by atoms with Crippen LogP contribution in [0, 0.1) is 5.92 Å². The minimum atomic E-state index is -0.157. The van der Waals surface area contributed by atoms with Crippen LogP contribution in [0.2, 0.25) is 0 Å². The fourth-order valence-electron chi connectivity index (χ4n) is 1.19. The number of ether oxygens (including phenoxy) is 1. The second-order valence-electron chi connectivity index (χ2n) is 2.96. The molecule has 12 heavy (non-hydrogen) atoms. The first-order valence-electron chi connectivity index (χ1n) is 4.38. The predicted octanol–water partition coefficient (Wildman–Crippen LogP) is 0.0521. The first-order valence-corrected chi connectivity index (χ1v) is 4.38. The first-order chi connectivity index (χ1) is 5.79. The highest BCUT2D eigenvalue weighted by Gasteiger charge is 2.36. The minimum absolute atomic E-state index is 0.144. The Bertz CT molecular complexity index is 157. The first kappa shape index (κ1) is 9.48. The lowest BCUT2D eigenvalue weighted by Crippen LogP contribution is -2.46. The summed E-state index contributed by atoms with van der Waals surface area (Å²) in [7, 11) is 1.76. The number of carbonyl (C=O) groups is 1. The van der Waals surface area contributed by atoms with E-state index < -0.39 is 0 Å². The number of hydrazine groups is 1. The van der Waals surface area contributed by atoms with Crippen LogP contribution in [0.3, 0.4) is 0 Å². The summed E-state index contributed by atoms with van der Waals surface area (Å²) in [6.07, 6.45) is 2.25. The van der Waals surface area contributed by atoms with Crippen LogP contribution in [0.25, 0.3) is 0 Å². The number of hydrogen-bond acceptors (Lipinski definition) is 4. The molecule has 0 bridgehead atoms. The van der Waals surface area contributed by atoms with Crippen molar-refractivity contribution in [1.29, 1.82) is 0 Å². The zero-order chi connectivity index (χ0) is 8.97. The van der Waals surface area contributed by atoms with Gasteiger partial charge < -0.3 is 4.74 Å². The van der Waals surface area contributed by atoms with Crippen molar-refractivity contribution in [3.63, 3.8) is 0 Å². The molecule has 0 radical (unpaired) electrons. The number of carbonyl (C=O) groups excluding carboxylic acids is 1. The molecule has 1 unspecified atom stereocenters. The van der Waals surface area contributed by atoms with Crippen LogP contribution in [0.1, 0.15) is 19.8 Å². The number of rotatable bonds is 5. The number of hydrogen-bond donors (Lipinski definition) is 2. The highest BCUT2D eigenvalue weighted by molar-refractivity contribution is 5.76. The van der Waals surface area contributed by atoms with E-state index in [1.807, 2.05) is 6.92 Å². The molecule has 1 rings (SSSR count). The van der Waals surface area contributed by atoms with E-state index in [0.717, 1.165) is 12.8 Å². The molecule has 0 aromatic heterocycles. The van der Waals surface area contributed by atoms with Gasteiger partial charge in [0.15, 0.2) is 0 Å². The van der Waals surface area contributed by atoms with E-state index in [4.69, 9.17) is 4.74 Å². The largest absolute Gasteiger partial charge is 0.465 e. The Morgan fingerprint density at radius 2 is 2.33 bits per heavy atom. The maximum atomic E-state index is 11.3. The van der Waals surface area contributed by atoms with Gasteiger partial charge in [-0.05, 0) is 32.7 Å². The lowest BCUT2D eigenvalue weighted by Gasteiger charge is -2.15. The van der Waals surface area contributed by atoms with Crippen molar-refractivity contribution in [3.05, 3.63) is 0 Å². The zero-order valence-corrected chi connectivity index (χ0v) is 7.59. The van der Waals surface area contributed by atoms with Gasteiger partial charge in [0.05, 0.1) is 6.61 Å². The van der Waals surface area contributed by atoms with Crippen molar-refractivity contribution in [2.45, 2.75) is 25.8 Å². The van der Waals surface area contributed by atoms with Gasteiger partial charge in [0.2, 0.25) is 0 Å². The fourth-order valence-corrected chi connectivity index (χ4v) is 1.19. The third kappa shape index (κ3) is 2.46. The van der Waals surface area contributed by atoms with Crippen LogP contribution in [-0.4, -0.2) is 25.7 Å². The van der Waals surface area contributed by atoms with E-state index in [0.29, 0.717) is 12.5 Å². The molecule has 1 fully saturated rings. The number of esters is 1. The fraction of sp³-hybridized carbons (Fsp3) is 0.875. The molecule has 0 heterocycles. The van der Waals surface area contributed by atoms with Crippen molar-refractivity contribution < 1.29 is 9.53 Å². The molecule has 0 aromatic carbocycles. The van der Waals surface area contributed by atoms with Crippen LogP contribution < -0.4 is 10.9 Å². The van der Waals surface area contributed by atoms with E-state index in [1.54, 1.807) is 7.05 Å². The number of nitrogens with one attached hydrogen (secondary N) is 2. The van der Waals surface area contributed by atoms with E-state index in [9.17, 15) is 4.79 Å². The lowest BCUT2D eigenvalue weighted by atomic mass is 10.2. The van der Waals surface area contributed by atoms with Crippen molar-refractivity contribution >= 4 is 5.97 Å². The molecule has 70 valence electrons. The summed E-state index contributed by atoms with van der Waals surface area (Å²) in [6, 6.07) is -0.157. The van der Waals surface area contributed by atoms with Crippen LogP contribution in [-0.2, 0) is 9.53 Å². The second kappa shape index (κ2) is 4.42. The van der Waals surface area contributed by atoms with Gasteiger partial charge in [-0.3, -0.25) is 10.2 Å². The molecule has 1 saturated carbocycles. The molecule has 4 nitrogen and oxygen atoms in total. The highest BCUT2D eigenvalue weighted by Crippen LogP contribution is 2.32. The van der Waals surface area contributed by atoms with E-state index in [1.165, 1.54) is 0 Å². The molecular weight excluding hydrogens is 156 g/mol. The minimum Gasteiger partial charge on any atom is -0.465 e. The molecule has 4 heteroatoms. The SMILES string of the molecule is CCOC(=O)C(NNC)C1CC1. The summed E-state index contributed by atoms with van der Waals surface area (Å²) in [5, 5.41) is 0. The Kier molecular flexibility index (Phi) is 3.49. The molecule has 1 aliphatic rings. The maximum absolute atomic E-state index is 11.3. The molecule has 1 atom stereocenters. The van der Waals surface area contributed by atoms with Gasteiger partial charge in [-0.1, -0.05) is 0 Å². The van der Waals surface area contributed by atoms with Crippen LogP contribution >= 0.6 is 0 Å². The van der Waals surface area contributed by atoms with Crippen molar-refractivity contribution in [2.75, 3.05) is 13.7 Å². The Labute approximate surface area is 72.6 Å². The average molecular weight is 172 g/mol. The molecular formula is C8H16N2O2. The summed E-state index contributed by atoms with van der Waals surface area (Å²) in [4.78, 5) is 11.3. The Morgan fingerprint density at radius 3 is 2.75 bits per heavy atom. The van der Waals surface area contributed by atoms with Gasteiger partial charge in [0.25, 0.3) is 0 Å². The lowest BCUT2D eigenvalue weighted by molar-refractivity contribution is -0.146. The predicted molar refractivity (Wildman–Crippen MR) is 45.3 cm³/mol. The Balaban J connectivity index is 2.34. The second-order valence-corrected chi connectivity index (χ2v) is 2.96. The van der Waals surface area contributed by atoms with Crippen molar-refractivity contribution in [3.8, 4) is 0 Å². The normalized spacial score (nSPS) is 18.8. The van der Waals surface area contributed by atoms with E-state index in [2.05, 4.69) is 10.9 Å². The molecule has 1 aliphatic carbocycles.